The number of aliphatic imine (C=N–C) groups is 1. The number of carboxylic acids is 1. The quantitative estimate of drug-likeness (QED) is 0.114. The fourth-order valence-electron chi connectivity index (χ4n) is 4.55. The van der Waals surface area contributed by atoms with E-state index in [1.807, 2.05) is 79.1 Å². The van der Waals surface area contributed by atoms with Gasteiger partial charge in [-0.1, -0.05) is 60.7 Å². The second-order valence-electron chi connectivity index (χ2n) is 9.71. The minimum atomic E-state index is -0.927. The van der Waals surface area contributed by atoms with Crippen LogP contribution < -0.4 is 22.1 Å². The summed E-state index contributed by atoms with van der Waals surface area (Å²) in [5, 5.41) is 14.9. The molecule has 0 bridgehead atoms. The van der Waals surface area contributed by atoms with Crippen LogP contribution in [0.1, 0.15) is 62.4 Å². The molecular weight excluding hydrogens is 508 g/mol. The number of rotatable bonds is 14. The molecule has 1 aromatic heterocycles. The summed E-state index contributed by atoms with van der Waals surface area (Å²) in [5.41, 5.74) is 14.3. The predicted octanol–water partition coefficient (Wildman–Crippen LogP) is 4.38. The zero-order valence-electron chi connectivity index (χ0n) is 23.0. The summed E-state index contributed by atoms with van der Waals surface area (Å²) in [5.74, 6) is -1.13. The molecule has 0 aliphatic rings. The van der Waals surface area contributed by atoms with Gasteiger partial charge in [0.2, 0.25) is 5.91 Å². The highest BCUT2D eigenvalue weighted by Crippen LogP contribution is 2.43. The normalized spacial score (nSPS) is 10.8. The molecule has 0 fully saturated rings. The van der Waals surface area contributed by atoms with Gasteiger partial charge in [-0.05, 0) is 44.2 Å². The summed E-state index contributed by atoms with van der Waals surface area (Å²) >= 11 is 0. The first-order valence-corrected chi connectivity index (χ1v) is 13.4. The number of carbonyl (C=O) groups excluding carboxylic acids is 2. The van der Waals surface area contributed by atoms with Crippen molar-refractivity contribution < 1.29 is 19.5 Å². The van der Waals surface area contributed by atoms with Crippen molar-refractivity contribution in [3.8, 4) is 22.4 Å². The summed E-state index contributed by atoms with van der Waals surface area (Å²) in [6, 6.07) is 19.2. The van der Waals surface area contributed by atoms with E-state index in [0.29, 0.717) is 36.3 Å². The van der Waals surface area contributed by atoms with E-state index in [9.17, 15) is 14.4 Å². The van der Waals surface area contributed by atoms with Gasteiger partial charge in [0.05, 0.1) is 11.3 Å². The van der Waals surface area contributed by atoms with Crippen LogP contribution in [0, 0.1) is 0 Å². The van der Waals surface area contributed by atoms with Crippen molar-refractivity contribution in [2.45, 2.75) is 52.0 Å². The first-order chi connectivity index (χ1) is 19.2. The van der Waals surface area contributed by atoms with Gasteiger partial charge in [0.15, 0.2) is 5.96 Å². The predicted molar refractivity (Wildman–Crippen MR) is 158 cm³/mol. The van der Waals surface area contributed by atoms with E-state index in [1.54, 1.807) is 0 Å². The third-order valence-corrected chi connectivity index (χ3v) is 6.28. The SMILES string of the molecule is CC(C)n1c(NC(=O)CCCCN=C(N)N)c(C(=O)NCCCC(=O)O)c(-c2ccccc2)c1-c1ccccc1. The average Bonchev–Trinajstić information content (AvgIpc) is 3.26. The highest BCUT2D eigenvalue weighted by Gasteiger charge is 2.31. The van der Waals surface area contributed by atoms with Crippen molar-refractivity contribution in [3.63, 3.8) is 0 Å². The molecule has 2 amide bonds. The lowest BCUT2D eigenvalue weighted by atomic mass is 9.97. The van der Waals surface area contributed by atoms with Gasteiger partial charge in [0, 0.05) is 37.5 Å². The van der Waals surface area contributed by atoms with Gasteiger partial charge in [-0.15, -0.1) is 0 Å². The van der Waals surface area contributed by atoms with Crippen LogP contribution in [0.25, 0.3) is 22.4 Å². The molecule has 10 heteroatoms. The van der Waals surface area contributed by atoms with Crippen LogP contribution in [0.2, 0.25) is 0 Å². The van der Waals surface area contributed by atoms with E-state index in [0.717, 1.165) is 16.8 Å². The van der Waals surface area contributed by atoms with Gasteiger partial charge >= 0.3 is 5.97 Å². The maximum Gasteiger partial charge on any atom is 0.303 e. The maximum absolute atomic E-state index is 13.8. The van der Waals surface area contributed by atoms with Crippen molar-refractivity contribution in [3.05, 3.63) is 66.2 Å². The van der Waals surface area contributed by atoms with Crippen LogP contribution in [0.3, 0.4) is 0 Å². The summed E-state index contributed by atoms with van der Waals surface area (Å²) in [7, 11) is 0. The molecule has 0 spiro atoms. The Morgan fingerprint density at radius 3 is 2.10 bits per heavy atom. The van der Waals surface area contributed by atoms with Crippen LogP contribution in [0.5, 0.6) is 0 Å². The van der Waals surface area contributed by atoms with Crippen LogP contribution in [0.4, 0.5) is 5.82 Å². The van der Waals surface area contributed by atoms with Gasteiger partial charge in [-0.3, -0.25) is 19.4 Å². The first-order valence-electron chi connectivity index (χ1n) is 13.4. The molecule has 0 saturated carbocycles. The summed E-state index contributed by atoms with van der Waals surface area (Å²) in [6.07, 6.45) is 1.66. The molecule has 0 aliphatic heterocycles. The van der Waals surface area contributed by atoms with Gasteiger partial charge in [-0.25, -0.2) is 0 Å². The molecule has 40 heavy (non-hydrogen) atoms. The van der Waals surface area contributed by atoms with Crippen LogP contribution >= 0.6 is 0 Å². The molecule has 1 heterocycles. The van der Waals surface area contributed by atoms with Crippen LogP contribution in [0.15, 0.2) is 65.7 Å². The third kappa shape index (κ3) is 7.95. The number of amides is 2. The number of unbranched alkanes of at least 4 members (excludes halogenated alkanes) is 1. The lowest BCUT2D eigenvalue weighted by Crippen LogP contribution is -2.27. The van der Waals surface area contributed by atoms with E-state index >= 15 is 0 Å². The van der Waals surface area contributed by atoms with Crippen LogP contribution in [-0.4, -0.2) is 46.5 Å². The van der Waals surface area contributed by atoms with Crippen molar-refractivity contribution in [1.82, 2.24) is 9.88 Å². The number of nitrogens with one attached hydrogen (secondary N) is 2. The van der Waals surface area contributed by atoms with Crippen molar-refractivity contribution in [2.24, 2.45) is 16.5 Å². The summed E-state index contributed by atoms with van der Waals surface area (Å²) in [4.78, 5) is 41.9. The summed E-state index contributed by atoms with van der Waals surface area (Å²) < 4.78 is 1.99. The molecular formula is C30H38N6O4. The van der Waals surface area contributed by atoms with Crippen molar-refractivity contribution in [1.29, 1.82) is 0 Å². The number of nitrogens with two attached hydrogens (primary N) is 2. The Kier molecular flexibility index (Phi) is 10.9. The zero-order valence-corrected chi connectivity index (χ0v) is 23.0. The van der Waals surface area contributed by atoms with Gasteiger partial charge in [0.25, 0.3) is 5.91 Å². The number of aliphatic carboxylic acids is 1. The molecule has 0 aliphatic carbocycles. The Balaban J connectivity index is 2.12. The minimum Gasteiger partial charge on any atom is -0.481 e. The topological polar surface area (TPSA) is 165 Å². The smallest absolute Gasteiger partial charge is 0.303 e. The Bertz CT molecular complexity index is 1330. The lowest BCUT2D eigenvalue weighted by Gasteiger charge is -2.19. The second-order valence-corrected chi connectivity index (χ2v) is 9.71. The third-order valence-electron chi connectivity index (χ3n) is 6.28. The van der Waals surface area contributed by atoms with Gasteiger partial charge in [-0.2, -0.15) is 0 Å². The standard InChI is InChI=1S/C30H38N6O4/c1-20(2)36-27(22-14-7-4-8-15-22)25(21-12-5-3-6-13-21)26(29(40)33-19-11-17-24(38)39)28(36)35-23(37)16-9-10-18-34-30(31)32/h3-8,12-15,20H,9-11,16-19H2,1-2H3,(H,33,40)(H,35,37)(H,38,39)(H4,31,32,34). The van der Waals surface area contributed by atoms with Crippen molar-refractivity contribution in [2.75, 3.05) is 18.4 Å². The largest absolute Gasteiger partial charge is 0.481 e. The number of aromatic nitrogens is 1. The number of carboxylic acid groups (broad SMARTS) is 1. The Morgan fingerprint density at radius 2 is 1.52 bits per heavy atom. The lowest BCUT2D eigenvalue weighted by molar-refractivity contribution is -0.137. The highest BCUT2D eigenvalue weighted by atomic mass is 16.4. The van der Waals surface area contributed by atoms with E-state index in [2.05, 4.69) is 15.6 Å². The molecule has 2 aromatic carbocycles. The van der Waals surface area contributed by atoms with Gasteiger partial charge in [0.1, 0.15) is 5.82 Å². The fraction of sp³-hybridized carbons (Fsp3) is 0.333. The Morgan fingerprint density at radius 1 is 0.900 bits per heavy atom. The van der Waals surface area contributed by atoms with Crippen LogP contribution in [-0.2, 0) is 9.59 Å². The molecule has 0 atom stereocenters. The minimum absolute atomic E-state index is 0.0140. The number of anilines is 1. The second kappa shape index (κ2) is 14.5. The monoisotopic (exact) mass is 546 g/mol. The number of benzene rings is 2. The molecule has 212 valence electrons. The number of guanidine groups is 1. The van der Waals surface area contributed by atoms with E-state index in [4.69, 9.17) is 16.6 Å². The molecule has 0 saturated heterocycles. The fourth-order valence-corrected chi connectivity index (χ4v) is 4.55. The molecule has 3 aromatic rings. The number of hydrogen-bond acceptors (Lipinski definition) is 4. The first kappa shape index (κ1) is 29.9. The zero-order chi connectivity index (χ0) is 29.1. The highest BCUT2D eigenvalue weighted by molar-refractivity contribution is 6.12. The Labute approximate surface area is 234 Å². The number of hydrogen-bond donors (Lipinski definition) is 5. The van der Waals surface area contributed by atoms with E-state index in [1.165, 1.54) is 0 Å². The molecule has 10 nitrogen and oxygen atoms in total. The average molecular weight is 547 g/mol. The van der Waals surface area contributed by atoms with E-state index < -0.39 is 5.97 Å². The molecule has 3 rings (SSSR count). The Hall–Kier alpha value is -4.60. The summed E-state index contributed by atoms with van der Waals surface area (Å²) in [6.45, 7) is 4.62. The molecule has 0 unspecified atom stereocenters. The van der Waals surface area contributed by atoms with Crippen molar-refractivity contribution >= 4 is 29.6 Å². The number of carbonyl (C=O) groups is 3. The van der Waals surface area contributed by atoms with Gasteiger partial charge < -0.3 is 31.8 Å². The molecule has 0 radical (unpaired) electrons. The maximum atomic E-state index is 13.8. The van der Waals surface area contributed by atoms with E-state index in [-0.39, 0.29) is 49.6 Å². The molecule has 7 N–H and O–H groups in total. The number of nitrogens with zero attached hydrogens (tertiary/aromatic N) is 2.